The molecule has 0 atom stereocenters. The number of halogens is 1. The Kier molecular flexibility index (Phi) is 5.94. The van der Waals surface area contributed by atoms with E-state index < -0.39 is 10.0 Å². The topological polar surface area (TPSA) is 115 Å². The lowest BCUT2D eigenvalue weighted by Crippen LogP contribution is -2.40. The molecule has 0 aliphatic carbocycles. The average molecular weight is 463 g/mol. The van der Waals surface area contributed by atoms with Crippen molar-refractivity contribution >= 4 is 33.2 Å². The van der Waals surface area contributed by atoms with E-state index >= 15 is 0 Å². The number of sulfonamides is 1. The van der Waals surface area contributed by atoms with Gasteiger partial charge in [-0.25, -0.2) is 8.42 Å². The van der Waals surface area contributed by atoms with Crippen LogP contribution in [0.1, 0.15) is 16.2 Å². The molecule has 0 unspecified atom stereocenters. The zero-order chi connectivity index (χ0) is 22.0. The summed E-state index contributed by atoms with van der Waals surface area (Å²) < 4.78 is 38.7. The van der Waals surface area contributed by atoms with Crippen molar-refractivity contribution in [1.29, 1.82) is 0 Å². The lowest BCUT2D eigenvalue weighted by molar-refractivity contribution is 0.0272. The van der Waals surface area contributed by atoms with Gasteiger partial charge in [-0.15, -0.1) is 0 Å². The van der Waals surface area contributed by atoms with E-state index in [1.807, 2.05) is 0 Å². The van der Waals surface area contributed by atoms with Gasteiger partial charge in [0.15, 0.2) is 0 Å². The number of nitrogens with zero attached hydrogens (tertiary/aromatic N) is 3. The summed E-state index contributed by atoms with van der Waals surface area (Å²) in [6.07, 6.45) is 0. The minimum Gasteiger partial charge on any atom is -0.378 e. The number of amides is 1. The highest BCUT2D eigenvalue weighted by Crippen LogP contribution is 2.26. The number of benzene rings is 2. The maximum Gasteiger partial charge on any atom is 0.316 e. The standard InChI is InChI=1S/C20H19ClN4O5S/c1-13-2-3-14(12-17(13)31(27,28)24-16-6-4-15(21)5-7-16)18-22-19(30-23-18)20(26)25-8-10-29-11-9-25/h2-7,12,24H,8-11H2,1H3. The van der Waals surface area contributed by atoms with Gasteiger partial charge in [0.25, 0.3) is 10.0 Å². The molecule has 1 saturated heterocycles. The van der Waals surface area contributed by atoms with Crippen LogP contribution in [0.15, 0.2) is 51.9 Å². The molecule has 0 radical (unpaired) electrons. The van der Waals surface area contributed by atoms with Crippen LogP contribution in [-0.4, -0.2) is 55.7 Å². The average Bonchev–Trinajstić information content (AvgIpc) is 3.26. The number of anilines is 1. The molecule has 31 heavy (non-hydrogen) atoms. The highest BCUT2D eigenvalue weighted by atomic mass is 35.5. The van der Waals surface area contributed by atoms with E-state index in [0.29, 0.717) is 48.1 Å². The number of carbonyl (C=O) groups excluding carboxylic acids is 1. The Bertz CT molecular complexity index is 1200. The monoisotopic (exact) mass is 462 g/mol. The lowest BCUT2D eigenvalue weighted by atomic mass is 10.1. The Morgan fingerprint density at radius 3 is 2.55 bits per heavy atom. The summed E-state index contributed by atoms with van der Waals surface area (Å²) in [5, 5.41) is 4.35. The number of hydrogen-bond acceptors (Lipinski definition) is 7. The fourth-order valence-corrected chi connectivity index (χ4v) is 4.54. The molecule has 4 rings (SSSR count). The maximum atomic E-state index is 12.9. The summed E-state index contributed by atoms with van der Waals surface area (Å²) in [6, 6.07) is 11.1. The fourth-order valence-electron chi connectivity index (χ4n) is 3.09. The molecule has 2 heterocycles. The highest BCUT2D eigenvalue weighted by Gasteiger charge is 2.25. The Balaban J connectivity index is 1.60. The molecular weight excluding hydrogens is 444 g/mol. The molecule has 162 valence electrons. The van der Waals surface area contributed by atoms with Crippen molar-refractivity contribution in [3.8, 4) is 11.4 Å². The Morgan fingerprint density at radius 1 is 1.13 bits per heavy atom. The summed E-state index contributed by atoms with van der Waals surface area (Å²) in [4.78, 5) is 18.3. The van der Waals surface area contributed by atoms with Gasteiger partial charge in [0.05, 0.1) is 18.1 Å². The molecule has 9 nitrogen and oxygen atoms in total. The van der Waals surface area contributed by atoms with E-state index in [1.165, 1.54) is 6.07 Å². The van der Waals surface area contributed by atoms with Crippen molar-refractivity contribution < 1.29 is 22.5 Å². The summed E-state index contributed by atoms with van der Waals surface area (Å²) in [5.74, 6) is -0.410. The number of ether oxygens (including phenoxy) is 1. The predicted molar refractivity (Wildman–Crippen MR) is 113 cm³/mol. The van der Waals surface area contributed by atoms with Gasteiger partial charge in [-0.1, -0.05) is 28.9 Å². The first-order valence-corrected chi connectivity index (χ1v) is 11.3. The third-order valence-corrected chi connectivity index (χ3v) is 6.51. The van der Waals surface area contributed by atoms with Crippen molar-refractivity contribution in [2.24, 2.45) is 0 Å². The minimum absolute atomic E-state index is 0.0609. The van der Waals surface area contributed by atoms with Crippen LogP contribution in [0.5, 0.6) is 0 Å². The minimum atomic E-state index is -3.88. The van der Waals surface area contributed by atoms with Crippen LogP contribution in [0.2, 0.25) is 5.02 Å². The smallest absolute Gasteiger partial charge is 0.316 e. The second-order valence-corrected chi connectivity index (χ2v) is 9.01. The predicted octanol–water partition coefficient (Wildman–Crippen LogP) is 2.97. The van der Waals surface area contributed by atoms with Crippen molar-refractivity contribution in [1.82, 2.24) is 15.0 Å². The molecule has 1 aliphatic rings. The molecule has 0 saturated carbocycles. The lowest BCUT2D eigenvalue weighted by Gasteiger charge is -2.25. The van der Waals surface area contributed by atoms with E-state index in [1.54, 1.807) is 48.2 Å². The second kappa shape index (κ2) is 8.66. The van der Waals surface area contributed by atoms with E-state index in [-0.39, 0.29) is 22.5 Å². The van der Waals surface area contributed by atoms with Gasteiger partial charge in [0, 0.05) is 29.4 Å². The van der Waals surface area contributed by atoms with Gasteiger partial charge in [-0.2, -0.15) is 4.98 Å². The van der Waals surface area contributed by atoms with Crippen LogP contribution >= 0.6 is 11.6 Å². The van der Waals surface area contributed by atoms with Crippen molar-refractivity contribution in [2.75, 3.05) is 31.0 Å². The number of hydrogen-bond donors (Lipinski definition) is 1. The van der Waals surface area contributed by atoms with E-state index in [4.69, 9.17) is 20.9 Å². The first-order valence-electron chi connectivity index (χ1n) is 9.44. The number of carbonyl (C=O) groups is 1. The first kappa shape index (κ1) is 21.3. The van der Waals surface area contributed by atoms with Crippen LogP contribution in [-0.2, 0) is 14.8 Å². The van der Waals surface area contributed by atoms with E-state index in [2.05, 4.69) is 14.9 Å². The maximum absolute atomic E-state index is 12.9. The van der Waals surface area contributed by atoms with Gasteiger partial charge in [0.1, 0.15) is 0 Å². The summed E-state index contributed by atoms with van der Waals surface area (Å²) in [6.45, 7) is 3.47. The van der Waals surface area contributed by atoms with Crippen molar-refractivity contribution in [2.45, 2.75) is 11.8 Å². The van der Waals surface area contributed by atoms with Crippen LogP contribution < -0.4 is 4.72 Å². The SMILES string of the molecule is Cc1ccc(-c2noc(C(=O)N3CCOCC3)n2)cc1S(=O)(=O)Nc1ccc(Cl)cc1. The molecule has 1 fully saturated rings. The van der Waals surface area contributed by atoms with Gasteiger partial charge in [-0.3, -0.25) is 9.52 Å². The molecular formula is C20H19ClN4O5S. The van der Waals surface area contributed by atoms with Crippen LogP contribution in [0.4, 0.5) is 5.69 Å². The molecule has 1 aliphatic heterocycles. The molecule has 1 amide bonds. The largest absolute Gasteiger partial charge is 0.378 e. The molecule has 11 heteroatoms. The highest BCUT2D eigenvalue weighted by molar-refractivity contribution is 7.92. The molecule has 2 aromatic carbocycles. The van der Waals surface area contributed by atoms with Crippen molar-refractivity contribution in [3.05, 3.63) is 58.9 Å². The summed E-state index contributed by atoms with van der Waals surface area (Å²) in [5.41, 5.74) is 1.33. The number of aromatic nitrogens is 2. The Labute approximate surface area is 184 Å². The molecule has 1 aromatic heterocycles. The van der Waals surface area contributed by atoms with Gasteiger partial charge < -0.3 is 14.2 Å². The number of nitrogens with one attached hydrogen (secondary N) is 1. The molecule has 1 N–H and O–H groups in total. The quantitative estimate of drug-likeness (QED) is 0.619. The number of morpholine rings is 1. The van der Waals surface area contributed by atoms with Gasteiger partial charge >= 0.3 is 11.8 Å². The third-order valence-electron chi connectivity index (χ3n) is 4.74. The summed E-state index contributed by atoms with van der Waals surface area (Å²) in [7, 11) is -3.88. The van der Waals surface area contributed by atoms with Crippen LogP contribution in [0, 0.1) is 6.92 Å². The Hall–Kier alpha value is -2.95. The van der Waals surface area contributed by atoms with Crippen molar-refractivity contribution in [3.63, 3.8) is 0 Å². The van der Waals surface area contributed by atoms with E-state index in [0.717, 1.165) is 0 Å². The van der Waals surface area contributed by atoms with Crippen LogP contribution in [0.25, 0.3) is 11.4 Å². The van der Waals surface area contributed by atoms with Gasteiger partial charge in [0.2, 0.25) is 5.82 Å². The van der Waals surface area contributed by atoms with Crippen LogP contribution in [0.3, 0.4) is 0 Å². The molecule has 0 bridgehead atoms. The van der Waals surface area contributed by atoms with Gasteiger partial charge in [-0.05, 0) is 42.8 Å². The zero-order valence-electron chi connectivity index (χ0n) is 16.5. The zero-order valence-corrected chi connectivity index (χ0v) is 18.1. The van der Waals surface area contributed by atoms with E-state index in [9.17, 15) is 13.2 Å². The first-order chi connectivity index (χ1) is 14.8. The fraction of sp³-hybridized carbons (Fsp3) is 0.250. The number of rotatable bonds is 5. The Morgan fingerprint density at radius 2 is 1.84 bits per heavy atom. The molecule has 0 spiro atoms. The summed E-state index contributed by atoms with van der Waals surface area (Å²) >= 11 is 5.85. The number of aryl methyl sites for hydroxylation is 1. The molecule has 3 aromatic rings. The normalized spacial score (nSPS) is 14.5. The third kappa shape index (κ3) is 4.71. The second-order valence-electron chi connectivity index (χ2n) is 6.92.